The fourth-order valence-electron chi connectivity index (χ4n) is 1.87. The summed E-state index contributed by atoms with van der Waals surface area (Å²) in [7, 11) is 1.80. The summed E-state index contributed by atoms with van der Waals surface area (Å²) in [5.41, 5.74) is 2.76. The Morgan fingerprint density at radius 1 is 1.50 bits per heavy atom. The van der Waals surface area contributed by atoms with E-state index in [-0.39, 0.29) is 6.54 Å². The summed E-state index contributed by atoms with van der Waals surface area (Å²) < 4.78 is 5.46. The first kappa shape index (κ1) is 12.6. The lowest BCUT2D eigenvalue weighted by atomic mass is 10.1. The number of likely N-dealkylation sites (N-methyl/N-ethyl adjacent to an activating group) is 1. The second kappa shape index (κ2) is 5.18. The van der Waals surface area contributed by atoms with Gasteiger partial charge in [0.1, 0.15) is 5.52 Å². The van der Waals surface area contributed by atoms with Crippen LogP contribution in [-0.4, -0.2) is 41.1 Å². The van der Waals surface area contributed by atoms with Crippen molar-refractivity contribution < 1.29 is 14.3 Å². The number of oxazole rings is 1. The van der Waals surface area contributed by atoms with Crippen LogP contribution in [0.2, 0.25) is 0 Å². The highest BCUT2D eigenvalue weighted by molar-refractivity contribution is 5.73. The van der Waals surface area contributed by atoms with Gasteiger partial charge in [0.2, 0.25) is 0 Å². The standard InChI is InChI=1S/C13H16N2O3/c1-9-14-11-4-3-10(7-12(11)18-9)5-6-15(2)8-13(16)17/h3-4,7H,5-6,8H2,1-2H3,(H,16,17). The third-order valence-electron chi connectivity index (χ3n) is 2.75. The lowest BCUT2D eigenvalue weighted by molar-refractivity contribution is -0.137. The average molecular weight is 248 g/mol. The molecular weight excluding hydrogens is 232 g/mol. The molecule has 0 saturated heterocycles. The first-order valence-corrected chi connectivity index (χ1v) is 5.81. The van der Waals surface area contributed by atoms with Crippen LogP contribution in [-0.2, 0) is 11.2 Å². The second-order valence-corrected chi connectivity index (χ2v) is 4.42. The van der Waals surface area contributed by atoms with Gasteiger partial charge in [-0.05, 0) is 31.2 Å². The Hall–Kier alpha value is -1.88. The molecule has 18 heavy (non-hydrogen) atoms. The van der Waals surface area contributed by atoms with E-state index in [1.807, 2.05) is 25.1 Å². The van der Waals surface area contributed by atoms with E-state index in [0.29, 0.717) is 12.4 Å². The maximum Gasteiger partial charge on any atom is 0.317 e. The number of nitrogens with zero attached hydrogens (tertiary/aromatic N) is 2. The van der Waals surface area contributed by atoms with Crippen molar-refractivity contribution in [2.45, 2.75) is 13.3 Å². The van der Waals surface area contributed by atoms with Crippen molar-refractivity contribution in [3.05, 3.63) is 29.7 Å². The van der Waals surface area contributed by atoms with E-state index < -0.39 is 5.97 Å². The molecule has 0 spiro atoms. The third kappa shape index (κ3) is 3.07. The van der Waals surface area contributed by atoms with Crippen LogP contribution < -0.4 is 0 Å². The molecule has 0 atom stereocenters. The van der Waals surface area contributed by atoms with E-state index in [1.165, 1.54) is 0 Å². The molecule has 0 aliphatic rings. The lowest BCUT2D eigenvalue weighted by Crippen LogP contribution is -2.27. The van der Waals surface area contributed by atoms with Crippen LogP contribution >= 0.6 is 0 Å². The van der Waals surface area contributed by atoms with Crippen molar-refractivity contribution in [1.82, 2.24) is 9.88 Å². The molecular formula is C13H16N2O3. The summed E-state index contributed by atoms with van der Waals surface area (Å²) in [5, 5.41) is 8.66. The summed E-state index contributed by atoms with van der Waals surface area (Å²) in [5.74, 6) is -0.149. The van der Waals surface area contributed by atoms with Crippen molar-refractivity contribution in [2.75, 3.05) is 20.1 Å². The molecule has 0 aliphatic carbocycles. The minimum Gasteiger partial charge on any atom is -0.480 e. The summed E-state index contributed by atoms with van der Waals surface area (Å²) in [4.78, 5) is 16.5. The van der Waals surface area contributed by atoms with Crippen LogP contribution in [0, 0.1) is 6.92 Å². The van der Waals surface area contributed by atoms with Crippen molar-refractivity contribution in [3.8, 4) is 0 Å². The van der Waals surface area contributed by atoms with Gasteiger partial charge in [-0.2, -0.15) is 0 Å². The van der Waals surface area contributed by atoms with E-state index in [1.54, 1.807) is 11.9 Å². The van der Waals surface area contributed by atoms with Gasteiger partial charge < -0.3 is 9.52 Å². The number of aliphatic carboxylic acids is 1. The smallest absolute Gasteiger partial charge is 0.317 e. The molecule has 1 aromatic carbocycles. The maximum atomic E-state index is 10.5. The number of aromatic nitrogens is 1. The molecule has 0 unspecified atom stereocenters. The largest absolute Gasteiger partial charge is 0.480 e. The Kier molecular flexibility index (Phi) is 3.62. The zero-order valence-corrected chi connectivity index (χ0v) is 10.5. The van der Waals surface area contributed by atoms with E-state index in [2.05, 4.69) is 4.98 Å². The first-order chi connectivity index (χ1) is 8.54. The number of benzene rings is 1. The molecule has 0 radical (unpaired) electrons. The number of rotatable bonds is 5. The third-order valence-corrected chi connectivity index (χ3v) is 2.75. The number of carbonyl (C=O) groups is 1. The summed E-state index contributed by atoms with van der Waals surface area (Å²) in [6.45, 7) is 2.58. The molecule has 0 bridgehead atoms. The minimum atomic E-state index is -0.807. The van der Waals surface area contributed by atoms with Gasteiger partial charge in [0.05, 0.1) is 6.54 Å². The second-order valence-electron chi connectivity index (χ2n) is 4.42. The van der Waals surface area contributed by atoms with Crippen molar-refractivity contribution >= 4 is 17.1 Å². The van der Waals surface area contributed by atoms with Crippen molar-refractivity contribution in [3.63, 3.8) is 0 Å². The van der Waals surface area contributed by atoms with Gasteiger partial charge in [-0.25, -0.2) is 4.98 Å². The topological polar surface area (TPSA) is 66.6 Å². The number of aryl methyl sites for hydroxylation is 1. The lowest BCUT2D eigenvalue weighted by Gasteiger charge is -2.13. The zero-order chi connectivity index (χ0) is 13.1. The number of carboxylic acid groups (broad SMARTS) is 1. The molecule has 1 heterocycles. The molecule has 0 aliphatic heterocycles. The first-order valence-electron chi connectivity index (χ1n) is 5.81. The molecule has 0 fully saturated rings. The maximum absolute atomic E-state index is 10.5. The van der Waals surface area contributed by atoms with Crippen LogP contribution in [0.1, 0.15) is 11.5 Å². The van der Waals surface area contributed by atoms with Gasteiger partial charge in [-0.1, -0.05) is 6.07 Å². The normalized spacial score (nSPS) is 11.3. The average Bonchev–Trinajstić information content (AvgIpc) is 2.64. The highest BCUT2D eigenvalue weighted by Crippen LogP contribution is 2.17. The Morgan fingerprint density at radius 2 is 2.28 bits per heavy atom. The Balaban J connectivity index is 2.01. The molecule has 96 valence electrons. The van der Waals surface area contributed by atoms with Gasteiger partial charge in [0.15, 0.2) is 11.5 Å². The van der Waals surface area contributed by atoms with Crippen molar-refractivity contribution in [2.24, 2.45) is 0 Å². The summed E-state index contributed by atoms with van der Waals surface area (Å²) >= 11 is 0. The van der Waals surface area contributed by atoms with E-state index >= 15 is 0 Å². The number of hydrogen-bond acceptors (Lipinski definition) is 4. The summed E-state index contributed by atoms with van der Waals surface area (Å²) in [6.07, 6.45) is 0.791. The van der Waals surface area contributed by atoms with E-state index in [0.717, 1.165) is 23.1 Å². The molecule has 1 aromatic heterocycles. The van der Waals surface area contributed by atoms with Crippen LogP contribution in [0.3, 0.4) is 0 Å². The predicted molar refractivity (Wildman–Crippen MR) is 67.6 cm³/mol. The van der Waals surface area contributed by atoms with Gasteiger partial charge in [0, 0.05) is 13.5 Å². The van der Waals surface area contributed by atoms with Crippen LogP contribution in [0.25, 0.3) is 11.1 Å². The van der Waals surface area contributed by atoms with Gasteiger partial charge in [0.25, 0.3) is 0 Å². The fraction of sp³-hybridized carbons (Fsp3) is 0.385. The number of hydrogen-bond donors (Lipinski definition) is 1. The zero-order valence-electron chi connectivity index (χ0n) is 10.5. The van der Waals surface area contributed by atoms with Gasteiger partial charge >= 0.3 is 5.97 Å². The van der Waals surface area contributed by atoms with E-state index in [9.17, 15) is 4.79 Å². The molecule has 0 saturated carbocycles. The molecule has 2 aromatic rings. The Labute approximate surface area is 105 Å². The van der Waals surface area contributed by atoms with Gasteiger partial charge in [-0.3, -0.25) is 9.69 Å². The monoisotopic (exact) mass is 248 g/mol. The van der Waals surface area contributed by atoms with Crippen LogP contribution in [0.15, 0.2) is 22.6 Å². The highest BCUT2D eigenvalue weighted by atomic mass is 16.4. The van der Waals surface area contributed by atoms with Crippen molar-refractivity contribution in [1.29, 1.82) is 0 Å². The molecule has 2 rings (SSSR count). The highest BCUT2D eigenvalue weighted by Gasteiger charge is 2.06. The molecule has 5 nitrogen and oxygen atoms in total. The molecule has 5 heteroatoms. The fourth-order valence-corrected chi connectivity index (χ4v) is 1.87. The quantitative estimate of drug-likeness (QED) is 0.872. The van der Waals surface area contributed by atoms with Crippen LogP contribution in [0.5, 0.6) is 0 Å². The van der Waals surface area contributed by atoms with Crippen LogP contribution in [0.4, 0.5) is 0 Å². The van der Waals surface area contributed by atoms with E-state index in [4.69, 9.17) is 9.52 Å². The number of carboxylic acids is 1. The molecule has 0 amide bonds. The Morgan fingerprint density at radius 3 is 3.00 bits per heavy atom. The predicted octanol–water partition coefficient (Wildman–Crippen LogP) is 1.70. The summed E-state index contributed by atoms with van der Waals surface area (Å²) in [6, 6.07) is 5.89. The minimum absolute atomic E-state index is 0.0592. The molecule has 1 N–H and O–H groups in total. The SMILES string of the molecule is Cc1nc2ccc(CCN(C)CC(=O)O)cc2o1. The van der Waals surface area contributed by atoms with Gasteiger partial charge in [-0.15, -0.1) is 0 Å². The number of fused-ring (bicyclic) bond motifs is 1. The Bertz CT molecular complexity index is 562.